The number of hydrogen-bond donors (Lipinski definition) is 2. The van der Waals surface area contributed by atoms with Crippen LogP contribution in [0.1, 0.15) is 6.92 Å². The van der Waals surface area contributed by atoms with Crippen LogP contribution < -0.4 is 0 Å². The van der Waals surface area contributed by atoms with Crippen molar-refractivity contribution in [2.45, 2.75) is 13.0 Å². The van der Waals surface area contributed by atoms with E-state index in [-0.39, 0.29) is 18.3 Å². The molecule has 2 N–H and O–H groups in total. The molecule has 0 spiro atoms. The fourth-order valence-corrected chi connectivity index (χ4v) is 1.56. The average Bonchev–Trinajstić information content (AvgIpc) is 2.29. The normalized spacial score (nSPS) is 30.9. The SMILES string of the molecule is CC(=O)CN1CC(O)C(CO)C1. The van der Waals surface area contributed by atoms with Crippen LogP contribution in [0, 0.1) is 5.92 Å². The first kappa shape index (κ1) is 9.64. The molecule has 1 heterocycles. The second-order valence-electron chi connectivity index (χ2n) is 3.41. The van der Waals surface area contributed by atoms with E-state index in [4.69, 9.17) is 5.11 Å². The Morgan fingerprint density at radius 1 is 1.58 bits per heavy atom. The van der Waals surface area contributed by atoms with E-state index in [0.717, 1.165) is 0 Å². The smallest absolute Gasteiger partial charge is 0.143 e. The molecule has 0 amide bonds. The lowest BCUT2D eigenvalue weighted by Crippen LogP contribution is -2.27. The maximum absolute atomic E-state index is 10.7. The van der Waals surface area contributed by atoms with Crippen molar-refractivity contribution in [2.24, 2.45) is 5.92 Å². The third kappa shape index (κ3) is 2.27. The van der Waals surface area contributed by atoms with Gasteiger partial charge >= 0.3 is 0 Å². The monoisotopic (exact) mass is 173 g/mol. The van der Waals surface area contributed by atoms with E-state index in [2.05, 4.69) is 0 Å². The zero-order valence-electron chi connectivity index (χ0n) is 7.23. The minimum Gasteiger partial charge on any atom is -0.396 e. The van der Waals surface area contributed by atoms with Crippen LogP contribution in [0.5, 0.6) is 0 Å². The number of hydrogen-bond acceptors (Lipinski definition) is 4. The largest absolute Gasteiger partial charge is 0.396 e. The van der Waals surface area contributed by atoms with E-state index < -0.39 is 6.10 Å². The lowest BCUT2D eigenvalue weighted by atomic mass is 10.1. The van der Waals surface area contributed by atoms with Crippen molar-refractivity contribution in [3.05, 3.63) is 0 Å². The highest BCUT2D eigenvalue weighted by Crippen LogP contribution is 2.15. The Morgan fingerprint density at radius 3 is 2.67 bits per heavy atom. The molecule has 2 atom stereocenters. The van der Waals surface area contributed by atoms with Gasteiger partial charge in [-0.2, -0.15) is 0 Å². The second kappa shape index (κ2) is 3.98. The fraction of sp³-hybridized carbons (Fsp3) is 0.875. The molecule has 0 aliphatic carbocycles. The fourth-order valence-electron chi connectivity index (χ4n) is 1.56. The molecule has 0 aromatic heterocycles. The molecule has 0 aromatic rings. The first-order valence-electron chi connectivity index (χ1n) is 4.14. The van der Waals surface area contributed by atoms with E-state index in [1.807, 2.05) is 4.90 Å². The van der Waals surface area contributed by atoms with Crippen LogP contribution in [0.2, 0.25) is 0 Å². The third-order valence-corrected chi connectivity index (χ3v) is 2.16. The molecule has 0 radical (unpaired) electrons. The van der Waals surface area contributed by atoms with Crippen molar-refractivity contribution in [3.8, 4) is 0 Å². The van der Waals surface area contributed by atoms with Crippen molar-refractivity contribution >= 4 is 5.78 Å². The number of nitrogens with zero attached hydrogens (tertiary/aromatic N) is 1. The summed E-state index contributed by atoms with van der Waals surface area (Å²) >= 11 is 0. The highest BCUT2D eigenvalue weighted by atomic mass is 16.3. The second-order valence-corrected chi connectivity index (χ2v) is 3.41. The Bertz CT molecular complexity index is 172. The number of rotatable bonds is 3. The number of aliphatic hydroxyl groups is 2. The van der Waals surface area contributed by atoms with Gasteiger partial charge in [-0.25, -0.2) is 0 Å². The van der Waals surface area contributed by atoms with Crippen LogP contribution in [-0.2, 0) is 4.79 Å². The van der Waals surface area contributed by atoms with E-state index in [1.165, 1.54) is 6.92 Å². The number of Topliss-reactive ketones (excluding diaryl/α,β-unsaturated/α-hetero) is 1. The van der Waals surface area contributed by atoms with Gasteiger partial charge in [0.25, 0.3) is 0 Å². The third-order valence-electron chi connectivity index (χ3n) is 2.16. The number of β-amino-alcohol motifs (C(OH)–C–C–N with tert-alkyl or cyclic N) is 1. The van der Waals surface area contributed by atoms with Gasteiger partial charge in [-0.15, -0.1) is 0 Å². The van der Waals surface area contributed by atoms with Crippen molar-refractivity contribution in [2.75, 3.05) is 26.2 Å². The molecule has 1 rings (SSSR count). The first-order chi connectivity index (χ1) is 5.63. The predicted molar refractivity (Wildman–Crippen MR) is 43.7 cm³/mol. The summed E-state index contributed by atoms with van der Waals surface area (Å²) in [7, 11) is 0. The van der Waals surface area contributed by atoms with Gasteiger partial charge in [-0.05, 0) is 6.92 Å². The van der Waals surface area contributed by atoms with Crippen molar-refractivity contribution in [1.29, 1.82) is 0 Å². The maximum Gasteiger partial charge on any atom is 0.143 e. The van der Waals surface area contributed by atoms with Gasteiger partial charge in [0.05, 0.1) is 12.6 Å². The van der Waals surface area contributed by atoms with Crippen LogP contribution in [0.3, 0.4) is 0 Å². The molecule has 1 aliphatic heterocycles. The molecule has 4 heteroatoms. The summed E-state index contributed by atoms with van der Waals surface area (Å²) in [5.41, 5.74) is 0. The van der Waals surface area contributed by atoms with Crippen molar-refractivity contribution in [1.82, 2.24) is 4.90 Å². The van der Waals surface area contributed by atoms with Gasteiger partial charge in [0.15, 0.2) is 0 Å². The molecule has 70 valence electrons. The Hall–Kier alpha value is -0.450. The molecule has 4 nitrogen and oxygen atoms in total. The highest BCUT2D eigenvalue weighted by molar-refractivity contribution is 5.77. The number of carbonyl (C=O) groups is 1. The number of carbonyl (C=O) groups excluding carboxylic acids is 1. The summed E-state index contributed by atoms with van der Waals surface area (Å²) in [6.07, 6.45) is -0.477. The van der Waals surface area contributed by atoms with Gasteiger partial charge < -0.3 is 10.2 Å². The standard InChI is InChI=1S/C8H15NO3/c1-6(11)2-9-3-7(5-10)8(12)4-9/h7-8,10,12H,2-5H2,1H3. The zero-order chi connectivity index (χ0) is 9.14. The molecule has 2 unspecified atom stereocenters. The lowest BCUT2D eigenvalue weighted by molar-refractivity contribution is -0.117. The first-order valence-corrected chi connectivity index (χ1v) is 4.14. The molecule has 0 saturated carbocycles. The zero-order valence-corrected chi connectivity index (χ0v) is 7.23. The summed E-state index contributed by atoms with van der Waals surface area (Å²) < 4.78 is 0. The molecule has 1 aliphatic rings. The van der Waals surface area contributed by atoms with Gasteiger partial charge in [0.1, 0.15) is 5.78 Å². The minimum atomic E-state index is -0.477. The van der Waals surface area contributed by atoms with Gasteiger partial charge in [0, 0.05) is 25.6 Å². The van der Waals surface area contributed by atoms with Crippen molar-refractivity contribution in [3.63, 3.8) is 0 Å². The van der Waals surface area contributed by atoms with Crippen LogP contribution in [0.25, 0.3) is 0 Å². The quantitative estimate of drug-likeness (QED) is 0.566. The topological polar surface area (TPSA) is 60.8 Å². The summed E-state index contributed by atoms with van der Waals surface area (Å²) in [5, 5.41) is 18.2. The molecule has 0 bridgehead atoms. The molecular weight excluding hydrogens is 158 g/mol. The Kier molecular flexibility index (Phi) is 3.20. The summed E-state index contributed by atoms with van der Waals surface area (Å²) in [5.74, 6) is 0.0186. The number of aliphatic hydroxyl groups excluding tert-OH is 2. The Balaban J connectivity index is 2.37. The molecule has 0 aromatic carbocycles. The summed E-state index contributed by atoms with van der Waals surface area (Å²) in [6, 6.07) is 0. The van der Waals surface area contributed by atoms with Gasteiger partial charge in [-0.3, -0.25) is 9.69 Å². The number of likely N-dealkylation sites (tertiary alicyclic amines) is 1. The van der Waals surface area contributed by atoms with E-state index in [9.17, 15) is 9.90 Å². The van der Waals surface area contributed by atoms with Crippen LogP contribution in [0.4, 0.5) is 0 Å². The van der Waals surface area contributed by atoms with Gasteiger partial charge in [0.2, 0.25) is 0 Å². The molecule has 1 saturated heterocycles. The summed E-state index contributed by atoms with van der Waals surface area (Å²) in [4.78, 5) is 12.6. The molecule has 1 fully saturated rings. The highest BCUT2D eigenvalue weighted by Gasteiger charge is 2.30. The Labute approximate surface area is 71.8 Å². The van der Waals surface area contributed by atoms with Crippen LogP contribution in [-0.4, -0.2) is 53.2 Å². The maximum atomic E-state index is 10.7. The lowest BCUT2D eigenvalue weighted by Gasteiger charge is -2.11. The predicted octanol–water partition coefficient (Wildman–Crippen LogP) is -1.14. The Morgan fingerprint density at radius 2 is 2.25 bits per heavy atom. The van der Waals surface area contributed by atoms with E-state index in [0.29, 0.717) is 19.6 Å². The van der Waals surface area contributed by atoms with Crippen molar-refractivity contribution < 1.29 is 15.0 Å². The summed E-state index contributed by atoms with van der Waals surface area (Å²) in [6.45, 7) is 3.03. The molecular formula is C8H15NO3. The van der Waals surface area contributed by atoms with Crippen LogP contribution >= 0.6 is 0 Å². The number of ketones is 1. The van der Waals surface area contributed by atoms with Crippen LogP contribution in [0.15, 0.2) is 0 Å². The molecule has 12 heavy (non-hydrogen) atoms. The van der Waals surface area contributed by atoms with E-state index in [1.54, 1.807) is 0 Å². The van der Waals surface area contributed by atoms with Gasteiger partial charge in [-0.1, -0.05) is 0 Å². The average molecular weight is 173 g/mol. The van der Waals surface area contributed by atoms with E-state index >= 15 is 0 Å². The minimum absolute atomic E-state index is 0.00439.